The van der Waals surface area contributed by atoms with E-state index < -0.39 is 17.5 Å². The largest absolute Gasteiger partial charge is 0.490 e. The van der Waals surface area contributed by atoms with Crippen LogP contribution >= 0.6 is 0 Å². The first-order chi connectivity index (χ1) is 9.56. The maximum Gasteiger partial charge on any atom is 0.205 e. The molecule has 0 atom stereocenters. The van der Waals surface area contributed by atoms with Crippen molar-refractivity contribution in [2.45, 2.75) is 0 Å². The third kappa shape index (κ3) is 2.57. The second-order valence-electron chi connectivity index (χ2n) is 3.62. The van der Waals surface area contributed by atoms with Gasteiger partial charge in [0, 0.05) is 12.1 Å². The van der Waals surface area contributed by atoms with Crippen molar-refractivity contribution in [3.05, 3.63) is 35.9 Å². The number of aromatic nitrogens is 2. The standard InChI is InChI=1S/C11H10F3N5O/c1-20-9-10(16-4-17-11(9)19-15)18-8-3-6(13)5(12)2-7(8)14/h2-4H,15H2,1H3,(H2,16,17,18,19). The van der Waals surface area contributed by atoms with Gasteiger partial charge in [-0.1, -0.05) is 0 Å². The fraction of sp³-hybridized carbons (Fsp3) is 0.0909. The maximum absolute atomic E-state index is 13.5. The molecule has 0 aliphatic heterocycles. The van der Waals surface area contributed by atoms with Gasteiger partial charge in [-0.3, -0.25) is 0 Å². The third-order valence-electron chi connectivity index (χ3n) is 2.41. The van der Waals surface area contributed by atoms with Gasteiger partial charge in [0.05, 0.1) is 12.8 Å². The Bertz CT molecular complexity index is 638. The van der Waals surface area contributed by atoms with E-state index in [9.17, 15) is 13.2 Å². The van der Waals surface area contributed by atoms with E-state index >= 15 is 0 Å². The van der Waals surface area contributed by atoms with Gasteiger partial charge in [-0.25, -0.2) is 29.0 Å². The van der Waals surface area contributed by atoms with Crippen LogP contribution in [0, 0.1) is 17.5 Å². The molecular weight excluding hydrogens is 275 g/mol. The zero-order valence-corrected chi connectivity index (χ0v) is 10.2. The first-order valence-electron chi connectivity index (χ1n) is 5.34. The average Bonchev–Trinajstić information content (AvgIpc) is 2.44. The molecule has 1 heterocycles. The molecule has 0 aliphatic rings. The minimum atomic E-state index is -1.29. The molecule has 0 spiro atoms. The Balaban J connectivity index is 2.42. The summed E-state index contributed by atoms with van der Waals surface area (Å²) in [6.07, 6.45) is 1.14. The summed E-state index contributed by atoms with van der Waals surface area (Å²) >= 11 is 0. The number of anilines is 3. The summed E-state index contributed by atoms with van der Waals surface area (Å²) in [4.78, 5) is 7.61. The smallest absolute Gasteiger partial charge is 0.205 e. The lowest BCUT2D eigenvalue weighted by molar-refractivity contribution is 0.415. The summed E-state index contributed by atoms with van der Waals surface area (Å²) in [6.45, 7) is 0. The fourth-order valence-corrected chi connectivity index (χ4v) is 1.50. The molecule has 0 unspecified atom stereocenters. The zero-order valence-electron chi connectivity index (χ0n) is 10.2. The lowest BCUT2D eigenvalue weighted by Gasteiger charge is -2.13. The number of hydrogen-bond donors (Lipinski definition) is 3. The van der Waals surface area contributed by atoms with E-state index in [0.29, 0.717) is 12.1 Å². The number of ether oxygens (including phenoxy) is 1. The van der Waals surface area contributed by atoms with Gasteiger partial charge >= 0.3 is 0 Å². The van der Waals surface area contributed by atoms with Gasteiger partial charge in [-0.2, -0.15) is 0 Å². The molecule has 0 saturated heterocycles. The summed E-state index contributed by atoms with van der Waals surface area (Å²) in [7, 11) is 1.33. The Morgan fingerprint density at radius 3 is 2.35 bits per heavy atom. The second-order valence-corrected chi connectivity index (χ2v) is 3.62. The van der Waals surface area contributed by atoms with Crippen LogP contribution in [0.4, 0.5) is 30.5 Å². The first-order valence-corrected chi connectivity index (χ1v) is 5.34. The van der Waals surface area contributed by atoms with Gasteiger partial charge in [0.25, 0.3) is 0 Å². The molecule has 0 bridgehead atoms. The van der Waals surface area contributed by atoms with Crippen LogP contribution in [-0.4, -0.2) is 17.1 Å². The SMILES string of the molecule is COc1c(NN)ncnc1Nc1cc(F)c(F)cc1F. The van der Waals surface area contributed by atoms with Crippen molar-refractivity contribution >= 4 is 17.3 Å². The molecule has 0 saturated carbocycles. The molecule has 6 nitrogen and oxygen atoms in total. The van der Waals surface area contributed by atoms with Crippen LogP contribution in [-0.2, 0) is 0 Å². The molecule has 1 aromatic carbocycles. The monoisotopic (exact) mass is 285 g/mol. The van der Waals surface area contributed by atoms with Gasteiger partial charge in [0.2, 0.25) is 5.75 Å². The number of hydrogen-bond acceptors (Lipinski definition) is 6. The van der Waals surface area contributed by atoms with E-state index in [1.807, 2.05) is 0 Å². The highest BCUT2D eigenvalue weighted by molar-refractivity contribution is 5.69. The van der Waals surface area contributed by atoms with Crippen LogP contribution < -0.4 is 21.3 Å². The third-order valence-corrected chi connectivity index (χ3v) is 2.41. The summed E-state index contributed by atoms with van der Waals surface area (Å²) in [5.74, 6) is 2.06. The van der Waals surface area contributed by atoms with Crippen LogP contribution in [0.25, 0.3) is 0 Å². The number of rotatable bonds is 4. The van der Waals surface area contributed by atoms with Crippen LogP contribution in [0.15, 0.2) is 18.5 Å². The van der Waals surface area contributed by atoms with E-state index in [4.69, 9.17) is 10.6 Å². The number of benzene rings is 1. The van der Waals surface area contributed by atoms with Crippen LogP contribution in [0.5, 0.6) is 5.75 Å². The van der Waals surface area contributed by atoms with Crippen molar-refractivity contribution in [2.75, 3.05) is 17.9 Å². The first kappa shape index (κ1) is 13.9. The van der Waals surface area contributed by atoms with Crippen molar-refractivity contribution in [3.63, 3.8) is 0 Å². The molecular formula is C11H10F3N5O. The van der Waals surface area contributed by atoms with E-state index in [-0.39, 0.29) is 23.1 Å². The summed E-state index contributed by atoms with van der Waals surface area (Å²) < 4.78 is 44.5. The minimum absolute atomic E-state index is 0.0420. The van der Waals surface area contributed by atoms with Crippen LogP contribution in [0.1, 0.15) is 0 Å². The van der Waals surface area contributed by atoms with E-state index in [1.54, 1.807) is 0 Å². The van der Waals surface area contributed by atoms with Gasteiger partial charge in [0.1, 0.15) is 12.1 Å². The lowest BCUT2D eigenvalue weighted by atomic mass is 10.2. The molecule has 2 aromatic rings. The highest BCUT2D eigenvalue weighted by Gasteiger charge is 2.15. The predicted octanol–water partition coefficient (Wildman–Crippen LogP) is 1.93. The Kier molecular flexibility index (Phi) is 3.89. The predicted molar refractivity (Wildman–Crippen MR) is 66.0 cm³/mol. The van der Waals surface area contributed by atoms with E-state index in [1.165, 1.54) is 7.11 Å². The quantitative estimate of drug-likeness (QED) is 0.452. The Morgan fingerprint density at radius 2 is 1.70 bits per heavy atom. The molecule has 4 N–H and O–H groups in total. The lowest BCUT2D eigenvalue weighted by Crippen LogP contribution is -2.12. The Labute approximate surface area is 111 Å². The molecule has 9 heteroatoms. The van der Waals surface area contributed by atoms with Crippen molar-refractivity contribution in [1.82, 2.24) is 9.97 Å². The number of halogens is 3. The normalized spacial score (nSPS) is 10.2. The number of nitrogens with one attached hydrogen (secondary N) is 2. The van der Waals surface area contributed by atoms with Crippen LogP contribution in [0.3, 0.4) is 0 Å². The van der Waals surface area contributed by atoms with Gasteiger partial charge < -0.3 is 15.5 Å². The highest BCUT2D eigenvalue weighted by Crippen LogP contribution is 2.31. The Morgan fingerprint density at radius 1 is 1.05 bits per heavy atom. The number of nitrogen functional groups attached to an aromatic ring is 1. The molecule has 1 aromatic heterocycles. The molecule has 0 amide bonds. The second kappa shape index (κ2) is 5.61. The molecule has 0 fully saturated rings. The fourth-order valence-electron chi connectivity index (χ4n) is 1.50. The number of nitrogens with zero attached hydrogens (tertiary/aromatic N) is 2. The average molecular weight is 285 g/mol. The van der Waals surface area contributed by atoms with Crippen LogP contribution in [0.2, 0.25) is 0 Å². The van der Waals surface area contributed by atoms with Crippen molar-refractivity contribution in [3.8, 4) is 5.75 Å². The molecule has 0 aliphatic carbocycles. The number of hydrazine groups is 1. The van der Waals surface area contributed by atoms with Crippen molar-refractivity contribution in [1.29, 1.82) is 0 Å². The molecule has 0 radical (unpaired) electrons. The van der Waals surface area contributed by atoms with E-state index in [0.717, 1.165) is 6.33 Å². The number of nitrogens with two attached hydrogens (primary N) is 1. The van der Waals surface area contributed by atoms with Crippen molar-refractivity contribution in [2.24, 2.45) is 5.84 Å². The maximum atomic E-state index is 13.5. The summed E-state index contributed by atoms with van der Waals surface area (Å²) in [5.41, 5.74) is 1.96. The minimum Gasteiger partial charge on any atom is -0.490 e. The van der Waals surface area contributed by atoms with Gasteiger partial charge in [0.15, 0.2) is 23.3 Å². The van der Waals surface area contributed by atoms with E-state index in [2.05, 4.69) is 20.7 Å². The zero-order chi connectivity index (χ0) is 14.7. The number of methoxy groups -OCH3 is 1. The van der Waals surface area contributed by atoms with Gasteiger partial charge in [-0.05, 0) is 0 Å². The molecule has 2 rings (SSSR count). The molecule has 106 valence electrons. The van der Waals surface area contributed by atoms with Crippen molar-refractivity contribution < 1.29 is 17.9 Å². The Hall–Kier alpha value is -2.55. The summed E-state index contributed by atoms with van der Waals surface area (Å²) in [5, 5.41) is 2.48. The highest BCUT2D eigenvalue weighted by atomic mass is 19.2. The topological polar surface area (TPSA) is 85.1 Å². The summed E-state index contributed by atoms with van der Waals surface area (Å²) in [6, 6.07) is 1.09. The van der Waals surface area contributed by atoms with Gasteiger partial charge in [-0.15, -0.1) is 0 Å². The molecule has 20 heavy (non-hydrogen) atoms.